The van der Waals surface area contributed by atoms with Crippen molar-refractivity contribution in [2.45, 2.75) is 25.3 Å². The van der Waals surface area contributed by atoms with Crippen molar-refractivity contribution in [1.82, 2.24) is 5.32 Å². The number of hydrogen-bond donors (Lipinski definition) is 2. The van der Waals surface area contributed by atoms with Crippen LogP contribution in [0.3, 0.4) is 0 Å². The Morgan fingerprint density at radius 2 is 2.32 bits per heavy atom. The van der Waals surface area contributed by atoms with Crippen LogP contribution in [-0.4, -0.2) is 30.8 Å². The van der Waals surface area contributed by atoms with Gasteiger partial charge in [0.25, 0.3) is 5.91 Å². The third-order valence-electron chi connectivity index (χ3n) is 3.36. The largest absolute Gasteiger partial charge is 0.494 e. The van der Waals surface area contributed by atoms with Crippen LogP contribution in [0, 0.1) is 11.7 Å². The zero-order valence-electron chi connectivity index (χ0n) is 10.9. The predicted octanol–water partition coefficient (Wildman–Crippen LogP) is 1.73. The molecule has 0 aliphatic heterocycles. The molecule has 19 heavy (non-hydrogen) atoms. The quantitative estimate of drug-likeness (QED) is 0.825. The van der Waals surface area contributed by atoms with E-state index in [1.54, 1.807) is 0 Å². The van der Waals surface area contributed by atoms with Gasteiger partial charge in [0, 0.05) is 18.2 Å². The van der Waals surface area contributed by atoms with E-state index in [1.165, 1.54) is 25.3 Å². The van der Waals surface area contributed by atoms with Gasteiger partial charge >= 0.3 is 0 Å². The van der Waals surface area contributed by atoms with Crippen LogP contribution < -0.4 is 10.1 Å². The lowest BCUT2D eigenvalue weighted by Crippen LogP contribution is -2.37. The number of carbonyl (C=O) groups excluding carboxylic acids is 1. The van der Waals surface area contributed by atoms with Gasteiger partial charge in [0.15, 0.2) is 11.6 Å². The molecule has 1 fully saturated rings. The van der Waals surface area contributed by atoms with Crippen molar-refractivity contribution in [3.63, 3.8) is 0 Å². The van der Waals surface area contributed by atoms with E-state index in [4.69, 9.17) is 9.84 Å². The molecule has 0 radical (unpaired) electrons. The first kappa shape index (κ1) is 13.8. The van der Waals surface area contributed by atoms with E-state index in [0.717, 1.165) is 12.8 Å². The number of methoxy groups -OCH3 is 1. The summed E-state index contributed by atoms with van der Waals surface area (Å²) in [5.41, 5.74) is 0.363. The van der Waals surface area contributed by atoms with E-state index in [2.05, 4.69) is 5.32 Å². The van der Waals surface area contributed by atoms with Crippen LogP contribution in [0.5, 0.6) is 5.75 Å². The molecule has 0 aromatic heterocycles. The molecular formula is C14H18FNO3. The fraction of sp³-hybridized carbons (Fsp3) is 0.500. The highest BCUT2D eigenvalue weighted by Gasteiger charge is 2.32. The average Bonchev–Trinajstić information content (AvgIpc) is 3.23. The van der Waals surface area contributed by atoms with Crippen LogP contribution in [0.2, 0.25) is 0 Å². The van der Waals surface area contributed by atoms with Crippen LogP contribution in [0.25, 0.3) is 0 Å². The third-order valence-corrected chi connectivity index (χ3v) is 3.36. The maximum Gasteiger partial charge on any atom is 0.251 e. The summed E-state index contributed by atoms with van der Waals surface area (Å²) in [5.74, 6) is -0.243. The fourth-order valence-electron chi connectivity index (χ4n) is 2.12. The van der Waals surface area contributed by atoms with E-state index < -0.39 is 5.82 Å². The SMILES string of the molecule is COc1cc(C(=O)NC(CCO)C2CC2)ccc1F. The molecule has 1 aromatic carbocycles. The van der Waals surface area contributed by atoms with Gasteiger partial charge in [0.1, 0.15) is 0 Å². The summed E-state index contributed by atoms with van der Waals surface area (Å²) in [6.45, 7) is 0.0498. The number of carbonyl (C=O) groups is 1. The molecule has 2 N–H and O–H groups in total. The van der Waals surface area contributed by atoms with Crippen LogP contribution >= 0.6 is 0 Å². The molecule has 0 saturated heterocycles. The Balaban J connectivity index is 2.06. The van der Waals surface area contributed by atoms with Crippen LogP contribution in [0.15, 0.2) is 18.2 Å². The second-order valence-electron chi connectivity index (χ2n) is 4.78. The Morgan fingerprint density at radius 1 is 1.58 bits per heavy atom. The van der Waals surface area contributed by atoms with Crippen molar-refractivity contribution < 1.29 is 19.0 Å². The molecule has 1 aliphatic rings. The lowest BCUT2D eigenvalue weighted by Gasteiger charge is -2.17. The Bertz CT molecular complexity index is 460. The smallest absolute Gasteiger partial charge is 0.251 e. The monoisotopic (exact) mass is 267 g/mol. The topological polar surface area (TPSA) is 58.6 Å². The number of rotatable bonds is 6. The van der Waals surface area contributed by atoms with Crippen molar-refractivity contribution in [2.24, 2.45) is 5.92 Å². The number of benzene rings is 1. The molecule has 1 aromatic rings. The third kappa shape index (κ3) is 3.44. The van der Waals surface area contributed by atoms with E-state index in [9.17, 15) is 9.18 Å². The van der Waals surface area contributed by atoms with E-state index >= 15 is 0 Å². The number of ether oxygens (including phenoxy) is 1. The minimum Gasteiger partial charge on any atom is -0.494 e. The Labute approximate surface area is 111 Å². The van der Waals surface area contributed by atoms with E-state index in [0.29, 0.717) is 17.9 Å². The average molecular weight is 267 g/mol. The molecule has 0 spiro atoms. The van der Waals surface area contributed by atoms with Gasteiger partial charge in [-0.3, -0.25) is 4.79 Å². The molecule has 0 bridgehead atoms. The van der Waals surface area contributed by atoms with Crippen LogP contribution in [0.4, 0.5) is 4.39 Å². The fourth-order valence-corrected chi connectivity index (χ4v) is 2.12. The first-order valence-electron chi connectivity index (χ1n) is 6.41. The summed E-state index contributed by atoms with van der Waals surface area (Å²) < 4.78 is 18.1. The minimum atomic E-state index is -0.492. The van der Waals surface area contributed by atoms with Crippen molar-refractivity contribution in [3.05, 3.63) is 29.6 Å². The maximum absolute atomic E-state index is 13.3. The normalized spacial score (nSPS) is 15.9. The first-order chi connectivity index (χ1) is 9.15. The molecule has 1 saturated carbocycles. The highest BCUT2D eigenvalue weighted by atomic mass is 19.1. The standard InChI is InChI=1S/C14H18FNO3/c1-19-13-8-10(4-5-11(13)15)14(18)16-12(6-7-17)9-2-3-9/h4-5,8-9,12,17H,2-3,6-7H2,1H3,(H,16,18). The number of hydrogen-bond acceptors (Lipinski definition) is 3. The van der Waals surface area contributed by atoms with E-state index in [-0.39, 0.29) is 24.3 Å². The molecular weight excluding hydrogens is 249 g/mol. The van der Waals surface area contributed by atoms with Gasteiger partial charge in [-0.15, -0.1) is 0 Å². The van der Waals surface area contributed by atoms with Crippen molar-refractivity contribution >= 4 is 5.91 Å². The second-order valence-corrected chi connectivity index (χ2v) is 4.78. The van der Waals surface area contributed by atoms with Crippen LogP contribution in [-0.2, 0) is 0 Å². The van der Waals surface area contributed by atoms with Crippen molar-refractivity contribution in [3.8, 4) is 5.75 Å². The van der Waals surface area contributed by atoms with Gasteiger partial charge in [-0.2, -0.15) is 0 Å². The summed E-state index contributed by atoms with van der Waals surface area (Å²) >= 11 is 0. The Morgan fingerprint density at radius 3 is 2.89 bits per heavy atom. The Hall–Kier alpha value is -1.62. The summed E-state index contributed by atoms with van der Waals surface area (Å²) in [4.78, 5) is 12.1. The zero-order valence-corrected chi connectivity index (χ0v) is 10.9. The Kier molecular flexibility index (Phi) is 4.37. The summed E-state index contributed by atoms with van der Waals surface area (Å²) in [6.07, 6.45) is 2.71. The van der Waals surface area contributed by atoms with Gasteiger partial charge in [0.05, 0.1) is 7.11 Å². The van der Waals surface area contributed by atoms with Crippen molar-refractivity contribution in [2.75, 3.05) is 13.7 Å². The summed E-state index contributed by atoms with van der Waals surface area (Å²) in [6, 6.07) is 4.02. The molecule has 1 unspecified atom stereocenters. The molecule has 4 nitrogen and oxygen atoms in total. The molecule has 1 amide bonds. The number of nitrogens with one attached hydrogen (secondary N) is 1. The van der Waals surface area contributed by atoms with Gasteiger partial charge in [0.2, 0.25) is 0 Å². The van der Waals surface area contributed by atoms with Gasteiger partial charge in [-0.05, 0) is 43.4 Å². The first-order valence-corrected chi connectivity index (χ1v) is 6.41. The number of aliphatic hydroxyl groups excluding tert-OH is 1. The van der Waals surface area contributed by atoms with Crippen LogP contribution in [0.1, 0.15) is 29.6 Å². The zero-order chi connectivity index (χ0) is 13.8. The number of amides is 1. The maximum atomic E-state index is 13.3. The molecule has 1 atom stereocenters. The molecule has 1 aliphatic carbocycles. The summed E-state index contributed by atoms with van der Waals surface area (Å²) in [5, 5.41) is 11.9. The molecule has 0 heterocycles. The minimum absolute atomic E-state index is 0.00597. The van der Waals surface area contributed by atoms with Gasteiger partial charge in [-0.1, -0.05) is 0 Å². The van der Waals surface area contributed by atoms with Gasteiger partial charge in [-0.25, -0.2) is 4.39 Å². The van der Waals surface area contributed by atoms with E-state index in [1.807, 2.05) is 0 Å². The summed E-state index contributed by atoms with van der Waals surface area (Å²) in [7, 11) is 1.36. The lowest BCUT2D eigenvalue weighted by atomic mass is 10.1. The van der Waals surface area contributed by atoms with Crippen molar-refractivity contribution in [1.29, 1.82) is 0 Å². The number of halogens is 1. The van der Waals surface area contributed by atoms with Gasteiger partial charge < -0.3 is 15.2 Å². The number of aliphatic hydroxyl groups is 1. The highest BCUT2D eigenvalue weighted by Crippen LogP contribution is 2.34. The highest BCUT2D eigenvalue weighted by molar-refractivity contribution is 5.94. The molecule has 5 heteroatoms. The lowest BCUT2D eigenvalue weighted by molar-refractivity contribution is 0.0924. The molecule has 104 valence electrons. The second kappa shape index (κ2) is 6.02. The molecule has 2 rings (SSSR count). The predicted molar refractivity (Wildman–Crippen MR) is 68.6 cm³/mol.